The molecule has 0 radical (unpaired) electrons. The van der Waals surface area contributed by atoms with E-state index in [0.717, 1.165) is 11.1 Å². The molecule has 1 aromatic heterocycles. The number of aryl methyl sites for hydroxylation is 1. The van der Waals surface area contributed by atoms with Crippen LogP contribution in [-0.4, -0.2) is 41.4 Å². The van der Waals surface area contributed by atoms with Crippen molar-refractivity contribution in [1.29, 1.82) is 0 Å². The van der Waals surface area contributed by atoms with E-state index in [1.807, 2.05) is 31.2 Å². The molecular weight excluding hydrogens is 420 g/mol. The first-order chi connectivity index (χ1) is 14.4. The summed E-state index contributed by atoms with van der Waals surface area (Å²) < 4.78 is 26.8. The van der Waals surface area contributed by atoms with Crippen LogP contribution >= 0.6 is 12.2 Å². The summed E-state index contributed by atoms with van der Waals surface area (Å²) in [5, 5.41) is 9.84. The molecule has 0 atom stereocenters. The molecular formula is C21H24N4O3S2. The normalized spacial score (nSPS) is 11.4. The maximum atomic E-state index is 12.3. The van der Waals surface area contributed by atoms with Crippen LogP contribution in [0.3, 0.4) is 0 Å². The van der Waals surface area contributed by atoms with E-state index in [1.165, 1.54) is 0 Å². The van der Waals surface area contributed by atoms with Crippen molar-refractivity contribution in [2.45, 2.75) is 31.2 Å². The van der Waals surface area contributed by atoms with Crippen LogP contribution < -0.4 is 5.32 Å². The van der Waals surface area contributed by atoms with Gasteiger partial charge in [-0.25, -0.2) is 8.42 Å². The van der Waals surface area contributed by atoms with Crippen molar-refractivity contribution in [3.8, 4) is 11.4 Å². The summed E-state index contributed by atoms with van der Waals surface area (Å²) in [5.41, 5.74) is 2.03. The van der Waals surface area contributed by atoms with Gasteiger partial charge in [0.05, 0.1) is 10.6 Å². The molecule has 0 spiro atoms. The summed E-state index contributed by atoms with van der Waals surface area (Å²) in [5.74, 6) is 0.512. The molecule has 3 aromatic rings. The highest BCUT2D eigenvalue weighted by Gasteiger charge is 2.14. The average molecular weight is 445 g/mol. The van der Waals surface area contributed by atoms with Crippen LogP contribution in [0.4, 0.5) is 0 Å². The number of benzene rings is 2. The Morgan fingerprint density at radius 2 is 1.93 bits per heavy atom. The Bertz CT molecular complexity index is 1170. The lowest BCUT2D eigenvalue weighted by molar-refractivity contribution is -0.121. The van der Waals surface area contributed by atoms with E-state index >= 15 is 0 Å². The van der Waals surface area contributed by atoms with Gasteiger partial charge < -0.3 is 5.32 Å². The Hall–Kier alpha value is -2.78. The highest BCUT2D eigenvalue weighted by atomic mass is 32.2. The third kappa shape index (κ3) is 5.64. The van der Waals surface area contributed by atoms with E-state index in [2.05, 4.69) is 15.5 Å². The van der Waals surface area contributed by atoms with Crippen LogP contribution in [0.1, 0.15) is 18.4 Å². The van der Waals surface area contributed by atoms with Gasteiger partial charge in [-0.15, -0.1) is 0 Å². The standard InChI is InChI=1S/C21H24N4O3S2/c1-16-7-5-8-17(15-16)20-23-24-21(29)25(20)13-11-19(26)22-12-6-14-30(27,28)18-9-3-2-4-10-18/h2-5,7-10,15H,6,11-14H2,1H3,(H,22,26)(H,24,29). The molecule has 0 saturated carbocycles. The maximum absolute atomic E-state index is 12.3. The van der Waals surface area contributed by atoms with Gasteiger partial charge in [-0.3, -0.25) is 14.5 Å². The van der Waals surface area contributed by atoms with Crippen molar-refractivity contribution in [3.05, 3.63) is 64.9 Å². The smallest absolute Gasteiger partial charge is 0.221 e. The minimum Gasteiger partial charge on any atom is -0.356 e. The van der Waals surface area contributed by atoms with E-state index in [9.17, 15) is 13.2 Å². The van der Waals surface area contributed by atoms with Crippen molar-refractivity contribution < 1.29 is 13.2 Å². The fourth-order valence-electron chi connectivity index (χ4n) is 3.07. The van der Waals surface area contributed by atoms with Gasteiger partial charge >= 0.3 is 0 Å². The van der Waals surface area contributed by atoms with Gasteiger partial charge in [0.2, 0.25) is 5.91 Å². The first-order valence-electron chi connectivity index (χ1n) is 9.63. The molecule has 3 rings (SSSR count). The first kappa shape index (κ1) is 21.9. The lowest BCUT2D eigenvalue weighted by Gasteiger charge is -2.09. The highest BCUT2D eigenvalue weighted by molar-refractivity contribution is 7.91. The number of aromatic nitrogens is 3. The SMILES string of the molecule is Cc1cccc(-c2n[nH]c(=S)n2CCC(=O)NCCCS(=O)(=O)c2ccccc2)c1. The molecule has 158 valence electrons. The molecule has 0 saturated heterocycles. The molecule has 1 heterocycles. The molecule has 0 aliphatic rings. The summed E-state index contributed by atoms with van der Waals surface area (Å²) >= 11 is 5.30. The van der Waals surface area contributed by atoms with Gasteiger partial charge in [0.1, 0.15) is 0 Å². The number of hydrogen-bond donors (Lipinski definition) is 2. The van der Waals surface area contributed by atoms with Gasteiger partial charge in [-0.05, 0) is 43.8 Å². The second-order valence-electron chi connectivity index (χ2n) is 6.96. The van der Waals surface area contributed by atoms with Crippen LogP contribution in [0.2, 0.25) is 0 Å². The fraction of sp³-hybridized carbons (Fsp3) is 0.286. The molecule has 0 bridgehead atoms. The summed E-state index contributed by atoms with van der Waals surface area (Å²) in [6.45, 7) is 2.68. The zero-order valence-corrected chi connectivity index (χ0v) is 18.3. The molecule has 2 N–H and O–H groups in total. The van der Waals surface area contributed by atoms with E-state index in [4.69, 9.17) is 12.2 Å². The Morgan fingerprint density at radius 1 is 1.17 bits per heavy atom. The summed E-state index contributed by atoms with van der Waals surface area (Å²) in [6, 6.07) is 16.2. The zero-order valence-electron chi connectivity index (χ0n) is 16.7. The van der Waals surface area contributed by atoms with Crippen molar-refractivity contribution in [2.75, 3.05) is 12.3 Å². The van der Waals surface area contributed by atoms with Gasteiger partial charge in [-0.1, -0.05) is 42.0 Å². The molecule has 0 aliphatic heterocycles. The first-order valence-corrected chi connectivity index (χ1v) is 11.7. The number of hydrogen-bond acceptors (Lipinski definition) is 5. The third-order valence-corrected chi connectivity index (χ3v) is 6.74. The van der Waals surface area contributed by atoms with E-state index in [0.29, 0.717) is 35.0 Å². The molecule has 0 unspecified atom stereocenters. The Morgan fingerprint density at radius 3 is 2.67 bits per heavy atom. The molecule has 0 aliphatic carbocycles. The van der Waals surface area contributed by atoms with Crippen LogP contribution in [-0.2, 0) is 21.2 Å². The van der Waals surface area contributed by atoms with Crippen molar-refractivity contribution in [1.82, 2.24) is 20.1 Å². The van der Waals surface area contributed by atoms with Gasteiger partial charge in [0.15, 0.2) is 20.4 Å². The second-order valence-corrected chi connectivity index (χ2v) is 9.45. The molecule has 2 aromatic carbocycles. The van der Waals surface area contributed by atoms with Gasteiger partial charge in [-0.2, -0.15) is 5.10 Å². The number of H-pyrrole nitrogens is 1. The summed E-state index contributed by atoms with van der Waals surface area (Å²) in [6.07, 6.45) is 0.570. The van der Waals surface area contributed by atoms with Crippen LogP contribution in [0.25, 0.3) is 11.4 Å². The fourth-order valence-corrected chi connectivity index (χ4v) is 4.62. The number of nitrogens with one attached hydrogen (secondary N) is 2. The third-order valence-electron chi connectivity index (χ3n) is 4.61. The molecule has 30 heavy (non-hydrogen) atoms. The lowest BCUT2D eigenvalue weighted by Crippen LogP contribution is -2.27. The molecule has 0 fully saturated rings. The van der Waals surface area contributed by atoms with Crippen LogP contribution in [0.15, 0.2) is 59.5 Å². The number of sulfone groups is 1. The van der Waals surface area contributed by atoms with E-state index in [-0.39, 0.29) is 18.1 Å². The van der Waals surface area contributed by atoms with Crippen molar-refractivity contribution >= 4 is 28.0 Å². The molecule has 7 nitrogen and oxygen atoms in total. The zero-order chi connectivity index (χ0) is 21.6. The monoisotopic (exact) mass is 444 g/mol. The largest absolute Gasteiger partial charge is 0.356 e. The number of amides is 1. The number of aromatic amines is 1. The van der Waals surface area contributed by atoms with Gasteiger partial charge in [0, 0.05) is 25.1 Å². The Kier molecular flexibility index (Phi) is 7.17. The predicted molar refractivity (Wildman–Crippen MR) is 118 cm³/mol. The molecule has 9 heteroatoms. The minimum atomic E-state index is -3.33. The number of rotatable bonds is 9. The van der Waals surface area contributed by atoms with E-state index < -0.39 is 9.84 Å². The predicted octanol–water partition coefficient (Wildman–Crippen LogP) is 3.29. The summed E-state index contributed by atoms with van der Waals surface area (Å²) in [7, 11) is -3.33. The Balaban J connectivity index is 1.50. The number of carbonyl (C=O) groups excluding carboxylic acids is 1. The minimum absolute atomic E-state index is 0.0123. The highest BCUT2D eigenvalue weighted by Crippen LogP contribution is 2.18. The lowest BCUT2D eigenvalue weighted by atomic mass is 10.1. The number of nitrogens with zero attached hydrogens (tertiary/aromatic N) is 2. The molecule has 1 amide bonds. The topological polar surface area (TPSA) is 96.8 Å². The quantitative estimate of drug-likeness (QED) is 0.390. The van der Waals surface area contributed by atoms with E-state index in [1.54, 1.807) is 34.9 Å². The van der Waals surface area contributed by atoms with Crippen molar-refractivity contribution in [3.63, 3.8) is 0 Å². The van der Waals surface area contributed by atoms with Gasteiger partial charge in [0.25, 0.3) is 0 Å². The number of carbonyl (C=O) groups is 1. The Labute approximate surface area is 181 Å². The second kappa shape index (κ2) is 9.82. The average Bonchev–Trinajstić information content (AvgIpc) is 3.11. The van der Waals surface area contributed by atoms with Crippen LogP contribution in [0.5, 0.6) is 0 Å². The van der Waals surface area contributed by atoms with Crippen molar-refractivity contribution in [2.24, 2.45) is 0 Å². The maximum Gasteiger partial charge on any atom is 0.221 e. The van der Waals surface area contributed by atoms with Crippen LogP contribution in [0, 0.1) is 11.7 Å². The summed E-state index contributed by atoms with van der Waals surface area (Å²) in [4.78, 5) is 12.5.